The van der Waals surface area contributed by atoms with Gasteiger partial charge in [-0.2, -0.15) is 0 Å². The normalized spacial score (nSPS) is 12.2. The van der Waals surface area contributed by atoms with Gasteiger partial charge >= 0.3 is 0 Å². The highest BCUT2D eigenvalue weighted by molar-refractivity contribution is 9.10. The van der Waals surface area contributed by atoms with Crippen molar-refractivity contribution in [3.05, 3.63) is 63.1 Å². The molecule has 0 aliphatic heterocycles. The quantitative estimate of drug-likeness (QED) is 0.776. The summed E-state index contributed by atoms with van der Waals surface area (Å²) in [7, 11) is 0. The highest BCUT2D eigenvalue weighted by Crippen LogP contribution is 2.32. The lowest BCUT2D eigenvalue weighted by molar-refractivity contribution is 0.882. The molecule has 0 amide bonds. The lowest BCUT2D eigenvalue weighted by Crippen LogP contribution is -2.07. The van der Waals surface area contributed by atoms with Crippen molar-refractivity contribution >= 4 is 33.2 Å². The Morgan fingerprint density at radius 3 is 2.61 bits per heavy atom. The van der Waals surface area contributed by atoms with Gasteiger partial charge in [-0.15, -0.1) is 0 Å². The fourth-order valence-electron chi connectivity index (χ4n) is 1.87. The topological polar surface area (TPSA) is 12.0 Å². The van der Waals surface area contributed by atoms with E-state index in [0.29, 0.717) is 0 Å². The molecule has 18 heavy (non-hydrogen) atoms. The van der Waals surface area contributed by atoms with Crippen molar-refractivity contribution < 1.29 is 0 Å². The second-order valence-corrected chi connectivity index (χ2v) is 5.58. The average molecular weight is 325 g/mol. The summed E-state index contributed by atoms with van der Waals surface area (Å²) in [5.74, 6) is 0. The summed E-state index contributed by atoms with van der Waals surface area (Å²) in [4.78, 5) is 0. The van der Waals surface area contributed by atoms with Crippen molar-refractivity contribution in [3.63, 3.8) is 0 Å². The molecule has 0 aliphatic rings. The monoisotopic (exact) mass is 323 g/mol. The van der Waals surface area contributed by atoms with E-state index in [4.69, 9.17) is 11.6 Å². The van der Waals surface area contributed by atoms with Crippen LogP contribution in [0.15, 0.2) is 46.9 Å². The molecule has 2 rings (SSSR count). The fourth-order valence-corrected chi connectivity index (χ4v) is 2.42. The van der Waals surface area contributed by atoms with Crippen LogP contribution in [0.25, 0.3) is 0 Å². The van der Waals surface area contributed by atoms with E-state index in [1.807, 2.05) is 18.2 Å². The average Bonchev–Trinajstić information content (AvgIpc) is 2.35. The number of hydrogen-bond acceptors (Lipinski definition) is 1. The van der Waals surface area contributed by atoms with Gasteiger partial charge in [0.15, 0.2) is 0 Å². The van der Waals surface area contributed by atoms with Gasteiger partial charge in [-0.3, -0.25) is 0 Å². The van der Waals surface area contributed by atoms with Gasteiger partial charge in [0.05, 0.1) is 15.2 Å². The van der Waals surface area contributed by atoms with Gasteiger partial charge in [0.2, 0.25) is 0 Å². The van der Waals surface area contributed by atoms with E-state index in [1.165, 1.54) is 11.1 Å². The molecule has 1 nitrogen and oxygen atoms in total. The van der Waals surface area contributed by atoms with Gasteiger partial charge in [-0.1, -0.05) is 47.5 Å². The van der Waals surface area contributed by atoms with Gasteiger partial charge < -0.3 is 5.32 Å². The van der Waals surface area contributed by atoms with Crippen LogP contribution in [0.1, 0.15) is 24.1 Å². The predicted octanol–water partition coefficient (Wildman–Crippen LogP) is 5.58. The lowest BCUT2D eigenvalue weighted by Gasteiger charge is -2.17. The molecule has 0 aromatic heterocycles. The minimum absolute atomic E-state index is 0.236. The summed E-state index contributed by atoms with van der Waals surface area (Å²) >= 11 is 9.58. The highest BCUT2D eigenvalue weighted by atomic mass is 79.9. The first-order valence-corrected chi connectivity index (χ1v) is 7.02. The van der Waals surface area contributed by atoms with Crippen molar-refractivity contribution in [1.82, 2.24) is 0 Å². The Balaban J connectivity index is 2.21. The van der Waals surface area contributed by atoms with E-state index in [0.717, 1.165) is 15.2 Å². The summed E-state index contributed by atoms with van der Waals surface area (Å²) < 4.78 is 0.908. The number of rotatable bonds is 3. The SMILES string of the molecule is Cc1cccc(C(C)Nc2cccc(Cl)c2Br)c1. The molecular formula is C15H15BrClN. The van der Waals surface area contributed by atoms with E-state index < -0.39 is 0 Å². The van der Waals surface area contributed by atoms with Crippen LogP contribution >= 0.6 is 27.5 Å². The van der Waals surface area contributed by atoms with Gasteiger partial charge in [0.1, 0.15) is 0 Å². The number of aryl methyl sites for hydroxylation is 1. The maximum atomic E-state index is 6.08. The van der Waals surface area contributed by atoms with Crippen LogP contribution in [-0.4, -0.2) is 0 Å². The van der Waals surface area contributed by atoms with E-state index in [9.17, 15) is 0 Å². The van der Waals surface area contributed by atoms with Crippen molar-refractivity contribution in [3.8, 4) is 0 Å². The third kappa shape index (κ3) is 3.06. The third-order valence-electron chi connectivity index (χ3n) is 2.87. The van der Waals surface area contributed by atoms with Gasteiger partial charge in [0.25, 0.3) is 0 Å². The molecule has 0 saturated heterocycles. The smallest absolute Gasteiger partial charge is 0.0593 e. The molecule has 2 aromatic rings. The number of benzene rings is 2. The van der Waals surface area contributed by atoms with Crippen molar-refractivity contribution in [1.29, 1.82) is 0 Å². The third-order valence-corrected chi connectivity index (χ3v) is 4.26. The van der Waals surface area contributed by atoms with E-state index in [1.54, 1.807) is 0 Å². The minimum atomic E-state index is 0.236. The maximum Gasteiger partial charge on any atom is 0.0593 e. The molecule has 1 atom stereocenters. The molecule has 0 fully saturated rings. The first kappa shape index (κ1) is 13.4. The van der Waals surface area contributed by atoms with E-state index in [-0.39, 0.29) is 6.04 Å². The zero-order chi connectivity index (χ0) is 13.1. The van der Waals surface area contributed by atoms with Crippen molar-refractivity contribution in [2.45, 2.75) is 19.9 Å². The van der Waals surface area contributed by atoms with Gasteiger partial charge in [0, 0.05) is 6.04 Å². The van der Waals surface area contributed by atoms with Crippen LogP contribution in [-0.2, 0) is 0 Å². The van der Waals surface area contributed by atoms with Crippen LogP contribution in [0, 0.1) is 6.92 Å². The number of hydrogen-bond donors (Lipinski definition) is 1. The number of halogens is 2. The Bertz CT molecular complexity index is 554. The molecule has 0 aliphatic carbocycles. The van der Waals surface area contributed by atoms with Gasteiger partial charge in [-0.05, 0) is 47.5 Å². The Labute approximate surface area is 121 Å². The summed E-state index contributed by atoms with van der Waals surface area (Å²) in [6.45, 7) is 4.24. The van der Waals surface area contributed by atoms with Crippen LogP contribution in [0.4, 0.5) is 5.69 Å². The molecule has 0 bridgehead atoms. The van der Waals surface area contributed by atoms with Crippen molar-refractivity contribution in [2.75, 3.05) is 5.32 Å². The first-order chi connectivity index (χ1) is 8.58. The molecule has 0 spiro atoms. The summed E-state index contributed by atoms with van der Waals surface area (Å²) in [6.07, 6.45) is 0. The van der Waals surface area contributed by atoms with Crippen molar-refractivity contribution in [2.24, 2.45) is 0 Å². The van der Waals surface area contributed by atoms with Gasteiger partial charge in [-0.25, -0.2) is 0 Å². The molecule has 3 heteroatoms. The molecule has 1 unspecified atom stereocenters. The molecule has 1 N–H and O–H groups in total. The van der Waals surface area contributed by atoms with Crippen LogP contribution in [0.5, 0.6) is 0 Å². The second kappa shape index (κ2) is 5.77. The number of nitrogens with one attached hydrogen (secondary N) is 1. The standard InChI is InChI=1S/C15H15BrClN/c1-10-5-3-6-12(9-10)11(2)18-14-8-4-7-13(17)15(14)16/h3-9,11,18H,1-2H3. The van der Waals surface area contributed by atoms with Crippen LogP contribution in [0.2, 0.25) is 5.02 Å². The zero-order valence-electron chi connectivity index (χ0n) is 10.4. The van der Waals surface area contributed by atoms with E-state index in [2.05, 4.69) is 59.4 Å². The summed E-state index contributed by atoms with van der Waals surface area (Å²) in [5, 5.41) is 4.18. The number of anilines is 1. The Kier molecular flexibility index (Phi) is 4.31. The lowest BCUT2D eigenvalue weighted by atomic mass is 10.1. The predicted molar refractivity (Wildman–Crippen MR) is 82.4 cm³/mol. The molecule has 0 radical (unpaired) electrons. The molecular weight excluding hydrogens is 310 g/mol. The zero-order valence-corrected chi connectivity index (χ0v) is 12.7. The van der Waals surface area contributed by atoms with Crippen LogP contribution < -0.4 is 5.32 Å². The molecule has 2 aromatic carbocycles. The second-order valence-electron chi connectivity index (χ2n) is 4.38. The Morgan fingerprint density at radius 1 is 1.17 bits per heavy atom. The Hall–Kier alpha value is -0.990. The summed E-state index contributed by atoms with van der Waals surface area (Å²) in [5.41, 5.74) is 3.55. The fraction of sp³-hybridized carbons (Fsp3) is 0.200. The van der Waals surface area contributed by atoms with E-state index >= 15 is 0 Å². The molecule has 0 saturated carbocycles. The molecule has 94 valence electrons. The Morgan fingerprint density at radius 2 is 1.89 bits per heavy atom. The first-order valence-electron chi connectivity index (χ1n) is 5.85. The highest BCUT2D eigenvalue weighted by Gasteiger charge is 2.09. The maximum absolute atomic E-state index is 6.08. The van der Waals surface area contributed by atoms with Crippen LogP contribution in [0.3, 0.4) is 0 Å². The summed E-state index contributed by atoms with van der Waals surface area (Å²) in [6, 6.07) is 14.6. The minimum Gasteiger partial charge on any atom is -0.378 e. The largest absolute Gasteiger partial charge is 0.378 e. The molecule has 0 heterocycles.